The predicted octanol–water partition coefficient (Wildman–Crippen LogP) is 6.47. The first kappa shape index (κ1) is 23.4. The van der Waals surface area contributed by atoms with Crippen molar-refractivity contribution in [3.05, 3.63) is 108 Å². The lowest BCUT2D eigenvalue weighted by Crippen LogP contribution is -2.14. The summed E-state index contributed by atoms with van der Waals surface area (Å²) in [7, 11) is -2.72. The van der Waals surface area contributed by atoms with Crippen LogP contribution in [0, 0.1) is 13.8 Å². The molecule has 1 amide bonds. The Hall–Kier alpha value is -4.36. The lowest BCUT2D eigenvalue weighted by atomic mass is 10.0. The zero-order chi connectivity index (χ0) is 25.3. The molecule has 0 spiro atoms. The fourth-order valence-corrected chi connectivity index (χ4v) is 5.12. The van der Waals surface area contributed by atoms with Gasteiger partial charge in [-0.2, -0.15) is 0 Å². The van der Waals surface area contributed by atoms with E-state index in [0.29, 0.717) is 38.8 Å². The molecule has 0 aliphatic rings. The van der Waals surface area contributed by atoms with Crippen molar-refractivity contribution >= 4 is 43.8 Å². The second-order valence-corrected chi connectivity index (χ2v) is 10.7. The molecular formula is C29H25N3O3S. The maximum absolute atomic E-state index is 13.3. The van der Waals surface area contributed by atoms with Gasteiger partial charge in [0.25, 0.3) is 5.91 Å². The molecule has 5 rings (SSSR count). The van der Waals surface area contributed by atoms with Gasteiger partial charge in [-0.05, 0) is 86.4 Å². The van der Waals surface area contributed by atoms with Crippen LogP contribution in [0.3, 0.4) is 0 Å². The molecule has 0 saturated heterocycles. The van der Waals surface area contributed by atoms with E-state index in [1.807, 2.05) is 62.4 Å². The number of hydrogen-bond donors (Lipinski definition) is 2. The second-order valence-electron chi connectivity index (χ2n) is 8.67. The van der Waals surface area contributed by atoms with Crippen LogP contribution in [0.25, 0.3) is 22.4 Å². The van der Waals surface area contributed by atoms with E-state index in [1.165, 1.54) is 0 Å². The van der Waals surface area contributed by atoms with Crippen LogP contribution in [0.4, 0.5) is 11.4 Å². The second kappa shape index (κ2) is 9.36. The third kappa shape index (κ3) is 4.87. The molecule has 7 heteroatoms. The van der Waals surface area contributed by atoms with E-state index in [4.69, 9.17) is 4.42 Å². The van der Waals surface area contributed by atoms with Crippen molar-refractivity contribution in [3.63, 3.8) is 0 Å². The molecule has 1 atom stereocenters. The largest absolute Gasteiger partial charge is 0.463 e. The molecule has 180 valence electrons. The number of carbonyl (C=O) groups excluding carboxylic acids is 1. The van der Waals surface area contributed by atoms with Crippen molar-refractivity contribution in [2.75, 3.05) is 10.0 Å². The van der Waals surface area contributed by atoms with Crippen molar-refractivity contribution in [1.29, 1.82) is 0 Å². The fourth-order valence-electron chi connectivity index (χ4n) is 3.91. The van der Waals surface area contributed by atoms with Gasteiger partial charge in [0.1, 0.15) is 5.69 Å². The summed E-state index contributed by atoms with van der Waals surface area (Å²) in [5.41, 5.74) is 5.15. The van der Waals surface area contributed by atoms with Gasteiger partial charge in [-0.3, -0.25) is 4.79 Å². The fraction of sp³-hybridized carbons (Fsp3) is 0.0690. The smallest absolute Gasteiger partial charge is 0.256 e. The third-order valence-electron chi connectivity index (χ3n) is 5.81. The zero-order valence-electron chi connectivity index (χ0n) is 19.9. The van der Waals surface area contributed by atoms with E-state index in [2.05, 4.69) is 20.9 Å². The number of aryl methyl sites for hydroxylation is 2. The van der Waals surface area contributed by atoms with Crippen LogP contribution in [-0.4, -0.2) is 21.0 Å². The normalized spacial score (nSPS) is 12.7. The molecule has 6 nitrogen and oxygen atoms in total. The summed E-state index contributed by atoms with van der Waals surface area (Å²) in [6.07, 6.45) is 1.58. The maximum Gasteiger partial charge on any atom is 0.256 e. The lowest BCUT2D eigenvalue weighted by Gasteiger charge is -2.14. The predicted molar refractivity (Wildman–Crippen MR) is 147 cm³/mol. The van der Waals surface area contributed by atoms with Gasteiger partial charge in [0.05, 0.1) is 27.1 Å². The Bertz CT molecular complexity index is 1660. The Morgan fingerprint density at radius 1 is 0.889 bits per heavy atom. The van der Waals surface area contributed by atoms with Crippen LogP contribution in [0.15, 0.2) is 101 Å². The molecular weight excluding hydrogens is 470 g/mol. The van der Waals surface area contributed by atoms with E-state index >= 15 is 0 Å². The summed E-state index contributed by atoms with van der Waals surface area (Å²) in [6.45, 7) is 3.95. The van der Waals surface area contributed by atoms with Crippen LogP contribution < -0.4 is 10.0 Å². The molecule has 1 unspecified atom stereocenters. The SMILES string of the molecule is C=S(=O)(Nc1ccc(NC(=O)c2cc(-c3ccco3)nc3ccc(C)cc23)cc1)c1ccc(C)cc1. The Kier molecular flexibility index (Phi) is 6.08. The summed E-state index contributed by atoms with van der Waals surface area (Å²) in [5, 5.41) is 3.72. The summed E-state index contributed by atoms with van der Waals surface area (Å²) in [6, 6.07) is 25.6. The number of aromatic nitrogens is 1. The molecule has 36 heavy (non-hydrogen) atoms. The first-order valence-electron chi connectivity index (χ1n) is 11.4. The van der Waals surface area contributed by atoms with Gasteiger partial charge >= 0.3 is 0 Å². The summed E-state index contributed by atoms with van der Waals surface area (Å²) in [4.78, 5) is 18.6. The van der Waals surface area contributed by atoms with Gasteiger partial charge in [0.2, 0.25) is 0 Å². The molecule has 0 bridgehead atoms. The van der Waals surface area contributed by atoms with Crippen molar-refractivity contribution in [2.24, 2.45) is 0 Å². The number of fused-ring (bicyclic) bond motifs is 1. The van der Waals surface area contributed by atoms with E-state index in [-0.39, 0.29) is 5.91 Å². The van der Waals surface area contributed by atoms with Crippen LogP contribution in [0.2, 0.25) is 0 Å². The number of hydrogen-bond acceptors (Lipinski definition) is 4. The minimum atomic E-state index is -2.72. The van der Waals surface area contributed by atoms with Gasteiger partial charge in [0, 0.05) is 21.7 Å². The van der Waals surface area contributed by atoms with Gasteiger partial charge < -0.3 is 14.5 Å². The Morgan fingerprint density at radius 3 is 2.28 bits per heavy atom. The third-order valence-corrected chi connectivity index (χ3v) is 7.41. The lowest BCUT2D eigenvalue weighted by molar-refractivity contribution is 0.102. The molecule has 0 fully saturated rings. The Morgan fingerprint density at radius 2 is 1.58 bits per heavy atom. The highest BCUT2D eigenvalue weighted by Gasteiger charge is 2.16. The number of benzene rings is 3. The molecule has 0 aliphatic carbocycles. The van der Waals surface area contributed by atoms with Crippen molar-refractivity contribution in [3.8, 4) is 11.5 Å². The van der Waals surface area contributed by atoms with E-state index < -0.39 is 9.71 Å². The summed E-state index contributed by atoms with van der Waals surface area (Å²) >= 11 is 0. The van der Waals surface area contributed by atoms with Gasteiger partial charge in [0.15, 0.2) is 5.76 Å². The van der Waals surface area contributed by atoms with Gasteiger partial charge in [-0.1, -0.05) is 29.3 Å². The monoisotopic (exact) mass is 495 g/mol. The zero-order valence-corrected chi connectivity index (χ0v) is 20.8. The van der Waals surface area contributed by atoms with E-state index in [1.54, 1.807) is 42.7 Å². The van der Waals surface area contributed by atoms with E-state index in [0.717, 1.165) is 16.5 Å². The molecule has 5 aromatic rings. The molecule has 2 heterocycles. The molecule has 0 radical (unpaired) electrons. The Labute approximate surface area is 210 Å². The highest BCUT2D eigenvalue weighted by Crippen LogP contribution is 2.27. The minimum absolute atomic E-state index is 0.262. The Balaban J connectivity index is 1.39. The number of rotatable bonds is 6. The van der Waals surface area contributed by atoms with Crippen molar-refractivity contribution in [2.45, 2.75) is 18.7 Å². The first-order valence-corrected chi connectivity index (χ1v) is 13.1. The van der Waals surface area contributed by atoms with Crippen LogP contribution in [0.1, 0.15) is 21.5 Å². The standard InChI is InChI=1S/C29H25N3O3S/c1-19-6-13-23(14-7-19)36(3,34)32-22-11-9-21(10-12-22)30-29(33)25-18-27(28-5-4-16-35-28)31-26-15-8-20(2)17-24(25)26/h4-18H,3H2,1-2H3,(H,30,33)(H,32,34). The number of anilines is 2. The quantitative estimate of drug-likeness (QED) is 0.265. The van der Waals surface area contributed by atoms with Gasteiger partial charge in [-0.25, -0.2) is 9.19 Å². The van der Waals surface area contributed by atoms with E-state index in [9.17, 15) is 9.00 Å². The van der Waals surface area contributed by atoms with Crippen molar-refractivity contribution in [1.82, 2.24) is 4.98 Å². The number of pyridine rings is 1. The van der Waals surface area contributed by atoms with Crippen LogP contribution in [0.5, 0.6) is 0 Å². The average Bonchev–Trinajstić information content (AvgIpc) is 3.40. The molecule has 3 aromatic carbocycles. The highest BCUT2D eigenvalue weighted by molar-refractivity contribution is 8.01. The van der Waals surface area contributed by atoms with Crippen LogP contribution in [-0.2, 0) is 9.71 Å². The highest BCUT2D eigenvalue weighted by atomic mass is 32.2. The molecule has 0 aliphatic heterocycles. The first-order chi connectivity index (χ1) is 17.3. The molecule has 2 aromatic heterocycles. The number of furan rings is 1. The molecule has 2 N–H and O–H groups in total. The summed E-state index contributed by atoms with van der Waals surface area (Å²) in [5.74, 6) is 4.20. The molecule has 0 saturated carbocycles. The van der Waals surface area contributed by atoms with Gasteiger partial charge in [-0.15, -0.1) is 0 Å². The number of nitrogens with zero attached hydrogens (tertiary/aromatic N) is 1. The average molecular weight is 496 g/mol. The number of nitrogens with one attached hydrogen (secondary N) is 2. The van der Waals surface area contributed by atoms with Crippen LogP contribution >= 0.6 is 0 Å². The number of amides is 1. The topological polar surface area (TPSA) is 84.2 Å². The number of carbonyl (C=O) groups is 1. The summed E-state index contributed by atoms with van der Waals surface area (Å²) < 4.78 is 21.6. The maximum atomic E-state index is 13.3. The minimum Gasteiger partial charge on any atom is -0.463 e. The van der Waals surface area contributed by atoms with Crippen molar-refractivity contribution < 1.29 is 13.4 Å².